The molecule has 1 rings (SSSR count). The van der Waals surface area contributed by atoms with Crippen LogP contribution in [0.5, 0.6) is 0 Å². The van der Waals surface area contributed by atoms with Crippen LogP contribution >= 0.6 is 0 Å². The number of amidine groups is 1. The molecule has 0 radical (unpaired) electrons. The van der Waals surface area contributed by atoms with Crippen LogP contribution in [0, 0.1) is 5.82 Å². The molecule has 3 nitrogen and oxygen atoms in total. The minimum absolute atomic E-state index is 0.142. The third-order valence-corrected chi connectivity index (χ3v) is 1.90. The summed E-state index contributed by atoms with van der Waals surface area (Å²) in [6, 6.07) is 6.75. The number of nitrogens with zero attached hydrogens (tertiary/aromatic N) is 1. The molecule has 0 fully saturated rings. The average Bonchev–Trinajstić information content (AvgIpc) is 2.19. The number of aliphatic imine (C=N–C) groups is 1. The smallest absolute Gasteiger partial charge is 0.126 e. The zero-order valence-electron chi connectivity index (χ0n) is 9.00. The van der Waals surface area contributed by atoms with Gasteiger partial charge in [0.2, 0.25) is 0 Å². The van der Waals surface area contributed by atoms with Gasteiger partial charge in [-0.15, -0.1) is 0 Å². The van der Waals surface area contributed by atoms with Crippen LogP contribution in [0.1, 0.15) is 19.4 Å². The molecule has 15 heavy (non-hydrogen) atoms. The highest BCUT2D eigenvalue weighted by Crippen LogP contribution is 2.07. The molecule has 0 saturated carbocycles. The van der Waals surface area contributed by atoms with Gasteiger partial charge in [0.15, 0.2) is 0 Å². The highest BCUT2D eigenvalue weighted by atomic mass is 19.1. The highest BCUT2D eigenvalue weighted by molar-refractivity contribution is 5.84. The van der Waals surface area contributed by atoms with Gasteiger partial charge in [0.1, 0.15) is 11.7 Å². The lowest BCUT2D eigenvalue weighted by Gasteiger charge is -2.08. The summed E-state index contributed by atoms with van der Waals surface area (Å²) in [4.78, 5) is 4.25. The summed E-state index contributed by atoms with van der Waals surface area (Å²) < 4.78 is 13.3. The van der Waals surface area contributed by atoms with Gasteiger partial charge in [-0.25, -0.2) is 10.2 Å². The van der Waals surface area contributed by atoms with Gasteiger partial charge in [-0.3, -0.25) is 4.99 Å². The van der Waals surface area contributed by atoms with Gasteiger partial charge >= 0.3 is 0 Å². The molecule has 0 heterocycles. The molecular formula is C11H16FN3. The predicted molar refractivity (Wildman–Crippen MR) is 60.0 cm³/mol. The van der Waals surface area contributed by atoms with Crippen LogP contribution in [0.4, 0.5) is 4.39 Å². The van der Waals surface area contributed by atoms with Crippen molar-refractivity contribution in [2.24, 2.45) is 10.8 Å². The summed E-state index contributed by atoms with van der Waals surface area (Å²) in [6.45, 7) is 3.89. The fraction of sp³-hybridized carbons (Fsp3) is 0.364. The van der Waals surface area contributed by atoms with Gasteiger partial charge in [0, 0.05) is 12.5 Å². The SMILES string of the molecule is CC(C)N=C(Cc1ccccc1F)NN. The van der Waals surface area contributed by atoms with Crippen LogP contribution in [0.25, 0.3) is 0 Å². The van der Waals surface area contributed by atoms with E-state index in [2.05, 4.69) is 10.4 Å². The molecule has 0 aliphatic rings. The molecule has 0 spiro atoms. The molecule has 0 aliphatic heterocycles. The molecule has 0 bridgehead atoms. The molecule has 1 aromatic rings. The number of hydrogen-bond acceptors (Lipinski definition) is 2. The lowest BCUT2D eigenvalue weighted by Crippen LogP contribution is -2.33. The summed E-state index contributed by atoms with van der Waals surface area (Å²) >= 11 is 0. The van der Waals surface area contributed by atoms with Crippen LogP contribution in [0.3, 0.4) is 0 Å². The first-order chi connectivity index (χ1) is 7.13. The Morgan fingerprint density at radius 3 is 2.67 bits per heavy atom. The lowest BCUT2D eigenvalue weighted by molar-refractivity contribution is 0.615. The summed E-state index contributed by atoms with van der Waals surface area (Å²) in [5.74, 6) is 5.68. The van der Waals surface area contributed by atoms with Crippen molar-refractivity contribution in [2.75, 3.05) is 0 Å². The lowest BCUT2D eigenvalue weighted by atomic mass is 10.1. The second kappa shape index (κ2) is 5.46. The molecule has 0 aromatic heterocycles. The van der Waals surface area contributed by atoms with Crippen LogP contribution in [-0.2, 0) is 6.42 Å². The quantitative estimate of drug-likeness (QED) is 0.344. The van der Waals surface area contributed by atoms with Crippen LogP contribution in [0.2, 0.25) is 0 Å². The Bertz CT molecular complexity index is 347. The van der Waals surface area contributed by atoms with Crippen molar-refractivity contribution in [3.8, 4) is 0 Å². The molecule has 0 amide bonds. The molecular weight excluding hydrogens is 193 g/mol. The first-order valence-electron chi connectivity index (χ1n) is 4.90. The van der Waals surface area contributed by atoms with E-state index in [1.54, 1.807) is 18.2 Å². The number of hydrazine groups is 1. The van der Waals surface area contributed by atoms with Gasteiger partial charge in [0.05, 0.1) is 0 Å². The molecule has 3 N–H and O–H groups in total. The Morgan fingerprint density at radius 2 is 2.13 bits per heavy atom. The van der Waals surface area contributed by atoms with Crippen LogP contribution in [-0.4, -0.2) is 11.9 Å². The molecule has 0 atom stereocenters. The Morgan fingerprint density at radius 1 is 1.47 bits per heavy atom. The summed E-state index contributed by atoms with van der Waals surface area (Å²) in [5.41, 5.74) is 3.08. The maximum absolute atomic E-state index is 13.3. The monoisotopic (exact) mass is 209 g/mol. The third-order valence-electron chi connectivity index (χ3n) is 1.90. The van der Waals surface area contributed by atoms with E-state index < -0.39 is 0 Å². The summed E-state index contributed by atoms with van der Waals surface area (Å²) in [5, 5.41) is 0. The van der Waals surface area contributed by atoms with E-state index in [9.17, 15) is 4.39 Å². The summed E-state index contributed by atoms with van der Waals surface area (Å²) in [6.07, 6.45) is 0.390. The molecule has 0 aliphatic carbocycles. The molecule has 0 saturated heterocycles. The van der Waals surface area contributed by atoms with Gasteiger partial charge in [-0.05, 0) is 25.5 Å². The van der Waals surface area contributed by atoms with Crippen molar-refractivity contribution in [2.45, 2.75) is 26.3 Å². The Labute approximate surface area is 89.2 Å². The fourth-order valence-electron chi connectivity index (χ4n) is 1.27. The molecule has 4 heteroatoms. The maximum atomic E-state index is 13.3. The number of nitrogens with one attached hydrogen (secondary N) is 1. The first kappa shape index (κ1) is 11.7. The standard InChI is InChI=1S/C11H16FN3/c1-8(2)14-11(15-13)7-9-5-3-4-6-10(9)12/h3-6,8H,7,13H2,1-2H3,(H,14,15). The minimum atomic E-state index is -0.232. The van der Waals surface area contributed by atoms with Crippen molar-refractivity contribution in [1.29, 1.82) is 0 Å². The highest BCUT2D eigenvalue weighted by Gasteiger charge is 2.05. The van der Waals surface area contributed by atoms with Crippen molar-refractivity contribution < 1.29 is 4.39 Å². The number of nitrogens with two attached hydrogens (primary N) is 1. The second-order valence-electron chi connectivity index (χ2n) is 3.58. The minimum Gasteiger partial charge on any atom is -0.312 e. The van der Waals surface area contributed by atoms with Crippen molar-refractivity contribution in [3.63, 3.8) is 0 Å². The topological polar surface area (TPSA) is 50.4 Å². The van der Waals surface area contributed by atoms with Crippen LogP contribution < -0.4 is 11.3 Å². The fourth-order valence-corrected chi connectivity index (χ4v) is 1.27. The Kier molecular flexibility index (Phi) is 4.24. The van der Waals surface area contributed by atoms with E-state index in [0.717, 1.165) is 0 Å². The Hall–Kier alpha value is -1.42. The van der Waals surface area contributed by atoms with E-state index in [1.165, 1.54) is 6.07 Å². The van der Waals surface area contributed by atoms with Gasteiger partial charge < -0.3 is 5.43 Å². The predicted octanol–water partition coefficient (Wildman–Crippen LogP) is 1.64. The van der Waals surface area contributed by atoms with E-state index in [1.807, 2.05) is 13.8 Å². The average molecular weight is 209 g/mol. The van der Waals surface area contributed by atoms with Crippen LogP contribution in [0.15, 0.2) is 29.3 Å². The van der Waals surface area contributed by atoms with E-state index >= 15 is 0 Å². The van der Waals surface area contributed by atoms with Crippen molar-refractivity contribution in [1.82, 2.24) is 5.43 Å². The Balaban J connectivity index is 2.80. The van der Waals surface area contributed by atoms with E-state index in [4.69, 9.17) is 5.84 Å². The van der Waals surface area contributed by atoms with E-state index in [-0.39, 0.29) is 11.9 Å². The molecule has 1 aromatic carbocycles. The van der Waals surface area contributed by atoms with Crippen molar-refractivity contribution in [3.05, 3.63) is 35.6 Å². The largest absolute Gasteiger partial charge is 0.312 e. The van der Waals surface area contributed by atoms with Gasteiger partial charge in [0.25, 0.3) is 0 Å². The number of benzene rings is 1. The summed E-state index contributed by atoms with van der Waals surface area (Å²) in [7, 11) is 0. The van der Waals surface area contributed by atoms with Gasteiger partial charge in [-0.2, -0.15) is 0 Å². The van der Waals surface area contributed by atoms with Crippen molar-refractivity contribution >= 4 is 5.84 Å². The van der Waals surface area contributed by atoms with E-state index in [0.29, 0.717) is 17.8 Å². The zero-order valence-corrected chi connectivity index (χ0v) is 9.00. The normalized spacial score (nSPS) is 11.9. The second-order valence-corrected chi connectivity index (χ2v) is 3.58. The number of rotatable bonds is 3. The molecule has 82 valence electrons. The first-order valence-corrected chi connectivity index (χ1v) is 4.90. The van der Waals surface area contributed by atoms with Gasteiger partial charge in [-0.1, -0.05) is 18.2 Å². The maximum Gasteiger partial charge on any atom is 0.126 e. The molecule has 0 unspecified atom stereocenters. The zero-order chi connectivity index (χ0) is 11.3. The third kappa shape index (κ3) is 3.67. The number of hydrogen-bond donors (Lipinski definition) is 2. The number of halogens is 1.